The summed E-state index contributed by atoms with van der Waals surface area (Å²) in [7, 11) is 0. The van der Waals surface area contributed by atoms with Crippen LogP contribution in [0.15, 0.2) is 30.3 Å². The quantitative estimate of drug-likeness (QED) is 0.793. The zero-order chi connectivity index (χ0) is 13.5. The highest BCUT2D eigenvalue weighted by Crippen LogP contribution is 2.34. The molecule has 1 aromatic carbocycles. The first-order valence-corrected chi connectivity index (χ1v) is 8.09. The van der Waals surface area contributed by atoms with Crippen LogP contribution < -0.4 is 5.32 Å². The van der Waals surface area contributed by atoms with E-state index in [1.807, 2.05) is 0 Å². The van der Waals surface area contributed by atoms with Crippen molar-refractivity contribution in [2.45, 2.75) is 46.0 Å². The Labute approximate surface area is 120 Å². The minimum Gasteiger partial charge on any atom is -0.317 e. The smallest absolute Gasteiger partial charge is 0 e. The predicted molar refractivity (Wildman–Crippen MR) is 85.4 cm³/mol. The van der Waals surface area contributed by atoms with Crippen molar-refractivity contribution in [1.82, 2.24) is 5.32 Å². The molecule has 2 rings (SSSR count). The first-order valence-electron chi connectivity index (χ1n) is 8.09. The molecule has 1 unspecified atom stereocenters. The maximum atomic E-state index is 3.51. The maximum absolute atomic E-state index is 3.51. The number of benzene rings is 1. The zero-order valence-electron chi connectivity index (χ0n) is 12.6. The van der Waals surface area contributed by atoms with Crippen LogP contribution in [0, 0.1) is 17.8 Å². The highest BCUT2D eigenvalue weighted by Gasteiger charge is 2.28. The second kappa shape index (κ2) is 7.69. The van der Waals surface area contributed by atoms with Crippen LogP contribution in [0.3, 0.4) is 0 Å². The Balaban J connectivity index is 0.00000200. The van der Waals surface area contributed by atoms with E-state index in [0.717, 1.165) is 17.8 Å². The van der Waals surface area contributed by atoms with Gasteiger partial charge in [-0.2, -0.15) is 0 Å². The van der Waals surface area contributed by atoms with E-state index in [0.29, 0.717) is 0 Å². The molecule has 0 aromatic heterocycles. The molecule has 1 saturated heterocycles. The molecule has 1 aromatic rings. The lowest BCUT2D eigenvalue weighted by molar-refractivity contribution is 0.174. The van der Waals surface area contributed by atoms with E-state index in [9.17, 15) is 0 Å². The molecule has 0 radical (unpaired) electrons. The largest absolute Gasteiger partial charge is 0.317 e. The highest BCUT2D eigenvalue weighted by atomic mass is 14.9. The summed E-state index contributed by atoms with van der Waals surface area (Å²) in [6.07, 6.45) is 6.68. The van der Waals surface area contributed by atoms with Gasteiger partial charge in [0, 0.05) is 1.43 Å². The lowest BCUT2D eigenvalue weighted by atomic mass is 9.72. The minimum absolute atomic E-state index is 0. The second-order valence-electron chi connectivity index (χ2n) is 6.02. The Morgan fingerprint density at radius 1 is 1.11 bits per heavy atom. The summed E-state index contributed by atoms with van der Waals surface area (Å²) < 4.78 is 0. The number of nitrogens with one attached hydrogen (secondary N) is 1. The summed E-state index contributed by atoms with van der Waals surface area (Å²) in [4.78, 5) is 0. The van der Waals surface area contributed by atoms with E-state index in [1.54, 1.807) is 0 Å². The summed E-state index contributed by atoms with van der Waals surface area (Å²) in [5.74, 6) is 2.69. The van der Waals surface area contributed by atoms with E-state index in [-0.39, 0.29) is 1.43 Å². The van der Waals surface area contributed by atoms with Gasteiger partial charge in [-0.05, 0) is 55.7 Å². The summed E-state index contributed by atoms with van der Waals surface area (Å²) in [6.45, 7) is 7.17. The molecular weight excluding hydrogens is 230 g/mol. The molecule has 0 aliphatic carbocycles. The molecule has 1 heteroatoms. The molecule has 1 heterocycles. The molecule has 1 fully saturated rings. The Morgan fingerprint density at radius 2 is 1.74 bits per heavy atom. The molecule has 1 N–H and O–H groups in total. The van der Waals surface area contributed by atoms with Crippen LogP contribution in [-0.4, -0.2) is 13.1 Å². The van der Waals surface area contributed by atoms with Gasteiger partial charge in [0.1, 0.15) is 0 Å². The summed E-state index contributed by atoms with van der Waals surface area (Å²) >= 11 is 0. The first-order chi connectivity index (χ1) is 9.35. The third-order valence-electron chi connectivity index (χ3n) is 4.96. The molecule has 1 atom stereocenters. The van der Waals surface area contributed by atoms with Crippen LogP contribution in [0.25, 0.3) is 0 Å². The van der Waals surface area contributed by atoms with Crippen molar-refractivity contribution in [3.05, 3.63) is 35.9 Å². The number of piperidine rings is 1. The van der Waals surface area contributed by atoms with Gasteiger partial charge in [-0.15, -0.1) is 0 Å². The van der Waals surface area contributed by atoms with Gasteiger partial charge in [0.15, 0.2) is 0 Å². The van der Waals surface area contributed by atoms with Crippen molar-refractivity contribution in [2.24, 2.45) is 17.8 Å². The highest BCUT2D eigenvalue weighted by molar-refractivity contribution is 5.15. The van der Waals surface area contributed by atoms with Crippen molar-refractivity contribution in [2.75, 3.05) is 13.1 Å². The minimum atomic E-state index is 0. The Kier molecular flexibility index (Phi) is 5.91. The van der Waals surface area contributed by atoms with Crippen molar-refractivity contribution in [1.29, 1.82) is 0 Å². The third-order valence-corrected chi connectivity index (χ3v) is 4.96. The summed E-state index contributed by atoms with van der Waals surface area (Å²) in [5, 5.41) is 3.51. The fourth-order valence-electron chi connectivity index (χ4n) is 3.77. The van der Waals surface area contributed by atoms with Crippen LogP contribution in [-0.2, 0) is 6.42 Å². The Bertz CT molecular complexity index is 342. The van der Waals surface area contributed by atoms with Gasteiger partial charge in [0.2, 0.25) is 0 Å². The Morgan fingerprint density at radius 3 is 2.32 bits per heavy atom. The summed E-state index contributed by atoms with van der Waals surface area (Å²) in [5.41, 5.74) is 1.53. The van der Waals surface area contributed by atoms with Gasteiger partial charge in [-0.3, -0.25) is 0 Å². The number of hydrogen-bond donors (Lipinski definition) is 1. The van der Waals surface area contributed by atoms with Crippen molar-refractivity contribution >= 4 is 0 Å². The molecule has 1 aliphatic heterocycles. The predicted octanol–water partition coefficient (Wildman–Crippen LogP) is 4.53. The first kappa shape index (κ1) is 14.6. The van der Waals surface area contributed by atoms with Gasteiger partial charge >= 0.3 is 0 Å². The lowest BCUT2D eigenvalue weighted by Crippen LogP contribution is -2.35. The second-order valence-corrected chi connectivity index (χ2v) is 6.02. The molecule has 1 nitrogen and oxygen atoms in total. The monoisotopic (exact) mass is 261 g/mol. The summed E-state index contributed by atoms with van der Waals surface area (Å²) in [6, 6.07) is 11.1. The molecular formula is C18H31N. The topological polar surface area (TPSA) is 12.0 Å². The molecule has 0 amide bonds. The average Bonchev–Trinajstić information content (AvgIpc) is 2.49. The van der Waals surface area contributed by atoms with Crippen LogP contribution >= 0.6 is 0 Å². The third kappa shape index (κ3) is 4.07. The Hall–Kier alpha value is -0.820. The van der Waals surface area contributed by atoms with Gasteiger partial charge in [0.25, 0.3) is 0 Å². The van der Waals surface area contributed by atoms with Gasteiger partial charge in [-0.25, -0.2) is 0 Å². The lowest BCUT2D eigenvalue weighted by Gasteiger charge is -2.36. The van der Waals surface area contributed by atoms with Crippen molar-refractivity contribution in [3.8, 4) is 0 Å². The molecule has 1 aliphatic rings. The van der Waals surface area contributed by atoms with E-state index < -0.39 is 0 Å². The van der Waals surface area contributed by atoms with Crippen LogP contribution in [0.2, 0.25) is 0 Å². The van der Waals surface area contributed by atoms with Crippen molar-refractivity contribution in [3.63, 3.8) is 0 Å². The molecule has 19 heavy (non-hydrogen) atoms. The number of rotatable bonds is 6. The van der Waals surface area contributed by atoms with Crippen molar-refractivity contribution < 1.29 is 1.43 Å². The van der Waals surface area contributed by atoms with Crippen LogP contribution in [0.5, 0.6) is 0 Å². The van der Waals surface area contributed by atoms with Crippen LogP contribution in [0.1, 0.15) is 46.5 Å². The molecule has 0 spiro atoms. The normalized spacial score (nSPS) is 18.7. The fraction of sp³-hybridized carbons (Fsp3) is 0.667. The van der Waals surface area contributed by atoms with Gasteiger partial charge in [-0.1, -0.05) is 57.0 Å². The molecule has 108 valence electrons. The maximum Gasteiger partial charge on any atom is 0 e. The standard InChI is InChI=1S/C18H29N.H2/c1-3-16(4-2)18(17-10-12-19-13-11-17)14-15-8-6-5-7-9-15;/h5-9,16-19H,3-4,10-14H2,1-2H3;1H. The zero-order valence-corrected chi connectivity index (χ0v) is 12.6. The molecule has 0 saturated carbocycles. The van der Waals surface area contributed by atoms with E-state index >= 15 is 0 Å². The van der Waals surface area contributed by atoms with Gasteiger partial charge in [0.05, 0.1) is 0 Å². The molecule has 0 bridgehead atoms. The van der Waals surface area contributed by atoms with E-state index in [4.69, 9.17) is 0 Å². The van der Waals surface area contributed by atoms with Gasteiger partial charge < -0.3 is 5.32 Å². The van der Waals surface area contributed by atoms with E-state index in [1.165, 1.54) is 50.8 Å². The number of hydrogen-bond acceptors (Lipinski definition) is 1. The van der Waals surface area contributed by atoms with E-state index in [2.05, 4.69) is 49.5 Å². The van der Waals surface area contributed by atoms with Crippen LogP contribution in [0.4, 0.5) is 0 Å². The SMILES string of the molecule is CCC(CC)C(Cc1ccccc1)C1CCNCC1.[HH]. The fourth-order valence-corrected chi connectivity index (χ4v) is 3.77. The average molecular weight is 261 g/mol.